The summed E-state index contributed by atoms with van der Waals surface area (Å²) in [6.07, 6.45) is 1.55. The van der Waals surface area contributed by atoms with E-state index >= 15 is 0 Å². The smallest absolute Gasteiger partial charge is 0.230 e. The van der Waals surface area contributed by atoms with E-state index in [0.717, 1.165) is 0 Å². The van der Waals surface area contributed by atoms with Gasteiger partial charge in [-0.15, -0.1) is 5.10 Å². The van der Waals surface area contributed by atoms with E-state index in [1.807, 2.05) is 4.90 Å². The van der Waals surface area contributed by atoms with E-state index < -0.39 is 6.04 Å². The van der Waals surface area contributed by atoms with Crippen molar-refractivity contribution in [1.29, 1.82) is 0 Å². The quantitative estimate of drug-likeness (QED) is 0.584. The van der Waals surface area contributed by atoms with Crippen molar-refractivity contribution in [3.05, 3.63) is 34.9 Å². The summed E-state index contributed by atoms with van der Waals surface area (Å²) in [7, 11) is 0. The van der Waals surface area contributed by atoms with Crippen molar-refractivity contribution in [1.82, 2.24) is 19.5 Å². The zero-order valence-corrected chi connectivity index (χ0v) is 13.4. The second-order valence-electron chi connectivity index (χ2n) is 5.04. The van der Waals surface area contributed by atoms with E-state index in [1.165, 1.54) is 15.9 Å². The molecule has 0 saturated carbocycles. The van der Waals surface area contributed by atoms with E-state index in [0.29, 0.717) is 34.5 Å². The van der Waals surface area contributed by atoms with Crippen molar-refractivity contribution in [2.24, 2.45) is 0 Å². The summed E-state index contributed by atoms with van der Waals surface area (Å²) in [5.41, 5.74) is 0. The number of furan rings is 1. The van der Waals surface area contributed by atoms with Crippen LogP contribution in [0.1, 0.15) is 22.5 Å². The number of nitrogens with zero attached hydrogens (tertiary/aromatic N) is 4. The lowest BCUT2D eigenvalue weighted by Crippen LogP contribution is -2.34. The first-order valence-corrected chi connectivity index (χ1v) is 8.01. The summed E-state index contributed by atoms with van der Waals surface area (Å²) in [6.45, 7) is 2.28. The number of aromatic hydroxyl groups is 1. The highest BCUT2D eigenvalue weighted by Gasteiger charge is 2.30. The Balaban J connectivity index is 2.09. The molecule has 0 amide bonds. The molecule has 124 valence electrons. The summed E-state index contributed by atoms with van der Waals surface area (Å²) < 4.78 is 6.91. The fraction of sp³-hybridized carbons (Fsp3) is 0.429. The Morgan fingerprint density at radius 3 is 2.65 bits per heavy atom. The van der Waals surface area contributed by atoms with Crippen LogP contribution in [0.2, 0.25) is 0 Å². The second-order valence-corrected chi connectivity index (χ2v) is 6.05. The minimum Gasteiger partial charge on any atom is -0.492 e. The van der Waals surface area contributed by atoms with E-state index in [9.17, 15) is 15.3 Å². The lowest BCUT2D eigenvalue weighted by molar-refractivity contribution is 0.127. The summed E-state index contributed by atoms with van der Waals surface area (Å²) in [4.78, 5) is 7.31. The Kier molecular flexibility index (Phi) is 4.62. The molecule has 3 aromatic heterocycles. The molecule has 0 saturated heterocycles. The van der Waals surface area contributed by atoms with Gasteiger partial charge in [0.1, 0.15) is 17.6 Å². The molecule has 0 spiro atoms. The first kappa shape index (κ1) is 15.9. The second kappa shape index (κ2) is 6.67. The molecular formula is C14H18N4O4S. The average molecular weight is 338 g/mol. The molecule has 1 unspecified atom stereocenters. The number of hydrogen-bond acceptors (Lipinski definition) is 8. The molecular weight excluding hydrogens is 320 g/mol. The molecule has 0 aliphatic carbocycles. The van der Waals surface area contributed by atoms with Crippen LogP contribution in [0.3, 0.4) is 0 Å². The van der Waals surface area contributed by atoms with Gasteiger partial charge in [-0.05, 0) is 19.1 Å². The fourth-order valence-corrected chi connectivity index (χ4v) is 3.72. The van der Waals surface area contributed by atoms with Crippen LogP contribution in [0.5, 0.6) is 5.88 Å². The monoisotopic (exact) mass is 338 g/mol. The van der Waals surface area contributed by atoms with Gasteiger partial charge in [0.05, 0.1) is 24.4 Å². The Morgan fingerprint density at radius 2 is 2.09 bits per heavy atom. The molecule has 1 atom stereocenters. The molecule has 0 aliphatic rings. The zero-order valence-electron chi connectivity index (χ0n) is 12.6. The Bertz CT molecular complexity index is 761. The van der Waals surface area contributed by atoms with Crippen LogP contribution in [0, 0.1) is 6.92 Å². The molecule has 3 heterocycles. The van der Waals surface area contributed by atoms with Gasteiger partial charge >= 0.3 is 0 Å². The third-order valence-electron chi connectivity index (χ3n) is 3.51. The zero-order chi connectivity index (χ0) is 16.4. The normalized spacial score (nSPS) is 13.2. The lowest BCUT2D eigenvalue weighted by atomic mass is 10.1. The lowest BCUT2D eigenvalue weighted by Gasteiger charge is -2.28. The molecule has 9 heteroatoms. The highest BCUT2D eigenvalue weighted by molar-refractivity contribution is 7.17. The van der Waals surface area contributed by atoms with Crippen molar-refractivity contribution in [3.63, 3.8) is 0 Å². The van der Waals surface area contributed by atoms with Gasteiger partial charge in [0.15, 0.2) is 0 Å². The third kappa shape index (κ3) is 2.95. The van der Waals surface area contributed by atoms with Crippen LogP contribution in [-0.2, 0) is 0 Å². The molecule has 23 heavy (non-hydrogen) atoms. The van der Waals surface area contributed by atoms with Crippen LogP contribution < -0.4 is 0 Å². The van der Waals surface area contributed by atoms with Gasteiger partial charge in [0.2, 0.25) is 10.8 Å². The Hall–Kier alpha value is -1.94. The average Bonchev–Trinajstić information content (AvgIpc) is 3.21. The van der Waals surface area contributed by atoms with Crippen molar-refractivity contribution in [2.75, 3.05) is 26.3 Å². The van der Waals surface area contributed by atoms with Gasteiger partial charge in [-0.2, -0.15) is 4.52 Å². The molecule has 0 aliphatic heterocycles. The molecule has 3 N–H and O–H groups in total. The Labute approximate surface area is 136 Å². The minimum absolute atomic E-state index is 0.00659. The number of aliphatic hydroxyl groups is 2. The first-order chi connectivity index (χ1) is 11.2. The molecule has 0 fully saturated rings. The van der Waals surface area contributed by atoms with Crippen molar-refractivity contribution in [3.8, 4) is 5.88 Å². The van der Waals surface area contributed by atoms with Crippen LogP contribution in [-0.4, -0.2) is 61.1 Å². The van der Waals surface area contributed by atoms with E-state index in [1.54, 1.807) is 25.3 Å². The maximum absolute atomic E-state index is 10.5. The fourth-order valence-electron chi connectivity index (χ4n) is 2.57. The summed E-state index contributed by atoms with van der Waals surface area (Å²) >= 11 is 1.31. The minimum atomic E-state index is -0.432. The van der Waals surface area contributed by atoms with Crippen LogP contribution in [0.4, 0.5) is 0 Å². The van der Waals surface area contributed by atoms with E-state index in [4.69, 9.17) is 4.42 Å². The molecule has 8 nitrogen and oxygen atoms in total. The van der Waals surface area contributed by atoms with Gasteiger partial charge in [-0.1, -0.05) is 11.3 Å². The van der Waals surface area contributed by atoms with Gasteiger partial charge in [-0.25, -0.2) is 4.98 Å². The number of rotatable bonds is 7. The SMILES string of the molecule is Cc1nc2sc(C(c3ccco3)N(CCO)CCO)c(O)n2n1. The van der Waals surface area contributed by atoms with Crippen LogP contribution in [0.15, 0.2) is 22.8 Å². The Morgan fingerprint density at radius 1 is 1.35 bits per heavy atom. The molecule has 0 bridgehead atoms. The highest BCUT2D eigenvalue weighted by atomic mass is 32.1. The summed E-state index contributed by atoms with van der Waals surface area (Å²) in [5, 5.41) is 33.3. The summed E-state index contributed by atoms with van der Waals surface area (Å²) in [6, 6.07) is 3.13. The topological polar surface area (TPSA) is 107 Å². The predicted octanol–water partition coefficient (Wildman–Crippen LogP) is 0.774. The van der Waals surface area contributed by atoms with Crippen molar-refractivity contribution in [2.45, 2.75) is 13.0 Å². The van der Waals surface area contributed by atoms with Crippen molar-refractivity contribution >= 4 is 16.3 Å². The number of hydrogen-bond donors (Lipinski definition) is 3. The number of aliphatic hydroxyl groups excluding tert-OH is 2. The standard InChI is InChI=1S/C14H18N4O4S/c1-9-15-14-18(16-9)13(21)12(23-14)11(10-3-2-8-22-10)17(4-6-19)5-7-20/h2-3,8,11,19-21H,4-7H2,1H3. The number of fused-ring (bicyclic) bond motifs is 1. The number of thiazole rings is 1. The largest absolute Gasteiger partial charge is 0.492 e. The first-order valence-electron chi connectivity index (χ1n) is 7.20. The number of aryl methyl sites for hydroxylation is 1. The highest BCUT2D eigenvalue weighted by Crippen LogP contribution is 2.39. The van der Waals surface area contributed by atoms with Crippen LogP contribution in [0.25, 0.3) is 4.96 Å². The van der Waals surface area contributed by atoms with Gasteiger partial charge in [-0.3, -0.25) is 4.90 Å². The molecule has 3 aromatic rings. The third-order valence-corrected chi connectivity index (χ3v) is 4.58. The van der Waals surface area contributed by atoms with Crippen LogP contribution >= 0.6 is 11.3 Å². The van der Waals surface area contributed by atoms with Gasteiger partial charge in [0, 0.05) is 13.1 Å². The van der Waals surface area contributed by atoms with Gasteiger partial charge < -0.3 is 19.7 Å². The van der Waals surface area contributed by atoms with E-state index in [2.05, 4.69) is 10.1 Å². The summed E-state index contributed by atoms with van der Waals surface area (Å²) in [5.74, 6) is 1.19. The molecule has 3 rings (SSSR count). The van der Waals surface area contributed by atoms with Crippen molar-refractivity contribution < 1.29 is 19.7 Å². The molecule has 0 aromatic carbocycles. The maximum Gasteiger partial charge on any atom is 0.230 e. The molecule has 0 radical (unpaired) electrons. The van der Waals surface area contributed by atoms with E-state index in [-0.39, 0.29) is 19.1 Å². The predicted molar refractivity (Wildman–Crippen MR) is 83.6 cm³/mol. The van der Waals surface area contributed by atoms with Gasteiger partial charge in [0.25, 0.3) is 0 Å². The number of aromatic nitrogens is 3. The maximum atomic E-state index is 10.5.